The van der Waals surface area contributed by atoms with E-state index in [1.165, 1.54) is 10.5 Å². The van der Waals surface area contributed by atoms with E-state index in [1.807, 2.05) is 25.1 Å². The molecule has 0 amide bonds. The molecule has 2 aromatic rings. The summed E-state index contributed by atoms with van der Waals surface area (Å²) in [6.07, 6.45) is 0. The molecule has 15 heavy (non-hydrogen) atoms. The molecule has 0 saturated carbocycles. The lowest BCUT2D eigenvalue weighted by Crippen LogP contribution is -1.86. The molecule has 0 radical (unpaired) electrons. The van der Waals surface area contributed by atoms with E-state index < -0.39 is 0 Å². The molecule has 0 atom stereocenters. The molecular formula is C11H12N2S2. The largest absolute Gasteiger partial charge is 0.399 e. The minimum Gasteiger partial charge on any atom is -0.399 e. The van der Waals surface area contributed by atoms with Crippen LogP contribution in [0.5, 0.6) is 0 Å². The van der Waals surface area contributed by atoms with Gasteiger partial charge in [0.1, 0.15) is 0 Å². The molecule has 0 aliphatic carbocycles. The zero-order chi connectivity index (χ0) is 10.8. The standard InChI is InChI=1S/C11H12N2S2/c1-7-5-9(12)3-4-10(7)15-11-13-8(2)6-14-11/h3-6H,12H2,1-2H3. The van der Waals surface area contributed by atoms with Gasteiger partial charge in [-0.1, -0.05) is 11.8 Å². The van der Waals surface area contributed by atoms with Crippen LogP contribution >= 0.6 is 23.1 Å². The first-order valence-corrected chi connectivity index (χ1v) is 6.31. The van der Waals surface area contributed by atoms with E-state index in [0.717, 1.165) is 15.7 Å². The van der Waals surface area contributed by atoms with Crippen molar-refractivity contribution in [2.75, 3.05) is 5.73 Å². The van der Waals surface area contributed by atoms with E-state index in [4.69, 9.17) is 5.73 Å². The van der Waals surface area contributed by atoms with Crippen LogP contribution in [0, 0.1) is 13.8 Å². The van der Waals surface area contributed by atoms with Gasteiger partial charge in [0.2, 0.25) is 0 Å². The fourth-order valence-corrected chi connectivity index (χ4v) is 3.12. The topological polar surface area (TPSA) is 38.9 Å². The SMILES string of the molecule is Cc1csc(Sc2ccc(N)cc2C)n1. The highest BCUT2D eigenvalue weighted by molar-refractivity contribution is 8.01. The number of rotatable bonds is 2. The molecule has 2 nitrogen and oxygen atoms in total. The average Bonchev–Trinajstić information content (AvgIpc) is 2.56. The zero-order valence-corrected chi connectivity index (χ0v) is 10.3. The van der Waals surface area contributed by atoms with Gasteiger partial charge in [-0.3, -0.25) is 0 Å². The molecule has 0 spiro atoms. The lowest BCUT2D eigenvalue weighted by Gasteiger charge is -2.03. The third kappa shape index (κ3) is 2.52. The van der Waals surface area contributed by atoms with Crippen molar-refractivity contribution in [3.8, 4) is 0 Å². The fourth-order valence-electron chi connectivity index (χ4n) is 1.26. The number of nitrogen functional groups attached to an aromatic ring is 1. The summed E-state index contributed by atoms with van der Waals surface area (Å²) >= 11 is 3.37. The lowest BCUT2D eigenvalue weighted by atomic mass is 10.2. The summed E-state index contributed by atoms with van der Waals surface area (Å²) in [4.78, 5) is 5.64. The minimum atomic E-state index is 0.812. The third-order valence-corrected chi connectivity index (χ3v) is 4.23. The zero-order valence-electron chi connectivity index (χ0n) is 8.65. The summed E-state index contributed by atoms with van der Waals surface area (Å²) < 4.78 is 1.08. The van der Waals surface area contributed by atoms with Crippen molar-refractivity contribution in [3.63, 3.8) is 0 Å². The van der Waals surface area contributed by atoms with Crippen LogP contribution in [0.3, 0.4) is 0 Å². The lowest BCUT2D eigenvalue weighted by molar-refractivity contribution is 1.15. The van der Waals surface area contributed by atoms with Crippen molar-refractivity contribution in [2.45, 2.75) is 23.1 Å². The molecule has 1 aromatic carbocycles. The third-order valence-electron chi connectivity index (χ3n) is 1.99. The molecule has 0 unspecified atom stereocenters. The van der Waals surface area contributed by atoms with Crippen molar-refractivity contribution < 1.29 is 0 Å². The Morgan fingerprint density at radius 1 is 1.33 bits per heavy atom. The van der Waals surface area contributed by atoms with Crippen LogP contribution in [0.4, 0.5) is 5.69 Å². The van der Waals surface area contributed by atoms with Crippen molar-refractivity contribution in [2.24, 2.45) is 0 Å². The first-order valence-electron chi connectivity index (χ1n) is 4.61. The monoisotopic (exact) mass is 236 g/mol. The van der Waals surface area contributed by atoms with Gasteiger partial charge in [-0.25, -0.2) is 4.98 Å². The summed E-state index contributed by atoms with van der Waals surface area (Å²) in [5.41, 5.74) is 8.80. The second kappa shape index (κ2) is 4.24. The highest BCUT2D eigenvalue weighted by Crippen LogP contribution is 2.32. The normalized spacial score (nSPS) is 10.5. The number of nitrogens with two attached hydrogens (primary N) is 1. The van der Waals surface area contributed by atoms with Crippen molar-refractivity contribution in [1.82, 2.24) is 4.98 Å². The number of thiazole rings is 1. The van der Waals surface area contributed by atoms with E-state index in [9.17, 15) is 0 Å². The molecule has 0 bridgehead atoms. The number of anilines is 1. The Hall–Kier alpha value is -1.00. The molecule has 78 valence electrons. The predicted octanol–water partition coefficient (Wildman–Crippen LogP) is 3.49. The maximum Gasteiger partial charge on any atom is 0.154 e. The number of hydrogen-bond donors (Lipinski definition) is 1. The minimum absolute atomic E-state index is 0.812. The Kier molecular flexibility index (Phi) is 2.98. The van der Waals surface area contributed by atoms with Crippen molar-refractivity contribution in [3.05, 3.63) is 34.8 Å². The Bertz CT molecular complexity index is 477. The van der Waals surface area contributed by atoms with Crippen LogP contribution in [0.2, 0.25) is 0 Å². The molecule has 0 saturated heterocycles. The maximum atomic E-state index is 5.70. The van der Waals surface area contributed by atoms with E-state index >= 15 is 0 Å². The van der Waals surface area contributed by atoms with Gasteiger partial charge >= 0.3 is 0 Å². The van der Waals surface area contributed by atoms with Gasteiger partial charge in [-0.05, 0) is 37.6 Å². The molecule has 0 aliphatic rings. The van der Waals surface area contributed by atoms with E-state index in [-0.39, 0.29) is 0 Å². The van der Waals surface area contributed by atoms with Crippen molar-refractivity contribution >= 4 is 28.8 Å². The first kappa shape index (κ1) is 10.5. The summed E-state index contributed by atoms with van der Waals surface area (Å²) in [5, 5.41) is 2.06. The van der Waals surface area contributed by atoms with Crippen LogP contribution in [0.15, 0.2) is 32.8 Å². The Labute approximate surface area is 97.5 Å². The number of aryl methyl sites for hydroxylation is 2. The summed E-state index contributed by atoms with van der Waals surface area (Å²) in [6, 6.07) is 5.96. The summed E-state index contributed by atoms with van der Waals surface area (Å²) in [6.45, 7) is 4.08. The Balaban J connectivity index is 2.24. The van der Waals surface area contributed by atoms with Crippen LogP contribution < -0.4 is 5.73 Å². The number of nitrogens with zero attached hydrogens (tertiary/aromatic N) is 1. The molecule has 4 heteroatoms. The van der Waals surface area contributed by atoms with E-state index in [1.54, 1.807) is 23.1 Å². The molecule has 2 N–H and O–H groups in total. The Morgan fingerprint density at radius 2 is 2.13 bits per heavy atom. The fraction of sp³-hybridized carbons (Fsp3) is 0.182. The number of benzene rings is 1. The summed E-state index contributed by atoms with van der Waals surface area (Å²) in [7, 11) is 0. The summed E-state index contributed by atoms with van der Waals surface area (Å²) in [5.74, 6) is 0. The molecule has 1 aromatic heterocycles. The first-order chi connectivity index (χ1) is 7.15. The Morgan fingerprint density at radius 3 is 2.73 bits per heavy atom. The number of hydrogen-bond acceptors (Lipinski definition) is 4. The highest BCUT2D eigenvalue weighted by Gasteiger charge is 2.04. The van der Waals surface area contributed by atoms with Crippen LogP contribution in [-0.4, -0.2) is 4.98 Å². The van der Waals surface area contributed by atoms with Gasteiger partial charge in [0.05, 0.1) is 0 Å². The van der Waals surface area contributed by atoms with Gasteiger partial charge in [0.25, 0.3) is 0 Å². The van der Waals surface area contributed by atoms with Crippen molar-refractivity contribution in [1.29, 1.82) is 0 Å². The van der Waals surface area contributed by atoms with E-state index in [2.05, 4.69) is 17.3 Å². The molecule has 2 rings (SSSR count). The highest BCUT2D eigenvalue weighted by atomic mass is 32.2. The smallest absolute Gasteiger partial charge is 0.154 e. The van der Waals surface area contributed by atoms with Gasteiger partial charge < -0.3 is 5.73 Å². The quantitative estimate of drug-likeness (QED) is 0.811. The molecule has 0 fully saturated rings. The van der Waals surface area contributed by atoms with E-state index in [0.29, 0.717) is 0 Å². The van der Waals surface area contributed by atoms with Gasteiger partial charge in [0.15, 0.2) is 4.34 Å². The predicted molar refractivity (Wildman–Crippen MR) is 66.6 cm³/mol. The maximum absolute atomic E-state index is 5.70. The van der Waals surface area contributed by atoms with Crippen LogP contribution in [0.25, 0.3) is 0 Å². The second-order valence-corrected chi connectivity index (χ2v) is 5.53. The molecule has 1 heterocycles. The second-order valence-electron chi connectivity index (χ2n) is 3.38. The van der Waals surface area contributed by atoms with Gasteiger partial charge in [0, 0.05) is 21.7 Å². The molecule has 0 aliphatic heterocycles. The number of aromatic nitrogens is 1. The van der Waals surface area contributed by atoms with Gasteiger partial charge in [-0.15, -0.1) is 11.3 Å². The van der Waals surface area contributed by atoms with Crippen LogP contribution in [0.1, 0.15) is 11.3 Å². The molecular weight excluding hydrogens is 224 g/mol. The van der Waals surface area contributed by atoms with Gasteiger partial charge in [-0.2, -0.15) is 0 Å². The average molecular weight is 236 g/mol. The van der Waals surface area contributed by atoms with Crippen LogP contribution in [-0.2, 0) is 0 Å².